The number of nitrogens with zero attached hydrogens (tertiary/aromatic N) is 3. The largest absolute Gasteiger partial charge is 0.340 e. The number of benzene rings is 2. The maximum Gasteiger partial charge on any atom is 0.225 e. The summed E-state index contributed by atoms with van der Waals surface area (Å²) in [5.74, 6) is 0.299. The van der Waals surface area contributed by atoms with Gasteiger partial charge in [-0.3, -0.25) is 14.6 Å². The van der Waals surface area contributed by atoms with Gasteiger partial charge in [0.15, 0.2) is 0 Å². The first kappa shape index (κ1) is 20.0. The van der Waals surface area contributed by atoms with Crippen LogP contribution in [0.25, 0.3) is 0 Å². The third-order valence-corrected chi connectivity index (χ3v) is 6.19. The molecule has 2 aliphatic heterocycles. The highest BCUT2D eigenvalue weighted by Crippen LogP contribution is 2.22. The zero-order chi connectivity index (χ0) is 20.1. The van der Waals surface area contributed by atoms with Gasteiger partial charge < -0.3 is 4.90 Å². The van der Waals surface area contributed by atoms with Gasteiger partial charge in [0, 0.05) is 45.2 Å². The van der Waals surface area contributed by atoms with Crippen molar-refractivity contribution in [2.45, 2.75) is 25.9 Å². The standard InChI is InChI=1S/C24H30FN3O/c25-23-8-6-21(7-9-23)19-26-12-10-22(11-13-26)24(29)28-16-14-27(15-17-28)18-20-4-2-1-3-5-20/h1-9,22H,10-19H2. The molecule has 2 aromatic carbocycles. The number of rotatable bonds is 5. The van der Waals surface area contributed by atoms with Gasteiger partial charge in [0.2, 0.25) is 5.91 Å². The van der Waals surface area contributed by atoms with E-state index in [9.17, 15) is 9.18 Å². The molecule has 2 fully saturated rings. The fourth-order valence-electron chi connectivity index (χ4n) is 4.41. The number of likely N-dealkylation sites (tertiary alicyclic amines) is 1. The summed E-state index contributed by atoms with van der Waals surface area (Å²) in [7, 11) is 0. The Labute approximate surface area is 172 Å². The van der Waals surface area contributed by atoms with Crippen molar-refractivity contribution < 1.29 is 9.18 Å². The highest BCUT2D eigenvalue weighted by molar-refractivity contribution is 5.79. The maximum absolute atomic E-state index is 13.1. The average Bonchev–Trinajstić information content (AvgIpc) is 2.77. The zero-order valence-electron chi connectivity index (χ0n) is 17.0. The minimum atomic E-state index is -0.193. The molecule has 2 aliphatic rings. The molecule has 1 amide bonds. The van der Waals surface area contributed by atoms with Crippen molar-refractivity contribution in [1.82, 2.24) is 14.7 Å². The smallest absolute Gasteiger partial charge is 0.225 e. The van der Waals surface area contributed by atoms with Gasteiger partial charge in [-0.25, -0.2) is 4.39 Å². The van der Waals surface area contributed by atoms with Crippen LogP contribution in [-0.2, 0) is 17.9 Å². The lowest BCUT2D eigenvalue weighted by Gasteiger charge is -2.38. The van der Waals surface area contributed by atoms with Gasteiger partial charge in [-0.1, -0.05) is 42.5 Å². The highest BCUT2D eigenvalue weighted by Gasteiger charge is 2.30. The van der Waals surface area contributed by atoms with E-state index in [0.717, 1.165) is 70.8 Å². The lowest BCUT2D eigenvalue weighted by molar-refractivity contribution is -0.139. The Morgan fingerprint density at radius 3 is 1.93 bits per heavy atom. The van der Waals surface area contributed by atoms with Crippen LogP contribution in [0.4, 0.5) is 4.39 Å². The highest BCUT2D eigenvalue weighted by atomic mass is 19.1. The number of hydrogen-bond acceptors (Lipinski definition) is 3. The van der Waals surface area contributed by atoms with Gasteiger partial charge >= 0.3 is 0 Å². The van der Waals surface area contributed by atoms with Crippen LogP contribution in [0.3, 0.4) is 0 Å². The van der Waals surface area contributed by atoms with Crippen LogP contribution in [0.15, 0.2) is 54.6 Å². The topological polar surface area (TPSA) is 26.8 Å². The Balaban J connectivity index is 1.20. The summed E-state index contributed by atoms with van der Waals surface area (Å²) >= 11 is 0. The molecule has 0 spiro atoms. The summed E-state index contributed by atoms with van der Waals surface area (Å²) in [6.07, 6.45) is 1.84. The first-order valence-corrected chi connectivity index (χ1v) is 10.7. The fourth-order valence-corrected chi connectivity index (χ4v) is 4.41. The molecule has 29 heavy (non-hydrogen) atoms. The summed E-state index contributed by atoms with van der Waals surface area (Å²) < 4.78 is 13.1. The summed E-state index contributed by atoms with van der Waals surface area (Å²) in [4.78, 5) is 19.8. The molecule has 2 heterocycles. The summed E-state index contributed by atoms with van der Waals surface area (Å²) in [6.45, 7) is 7.23. The Kier molecular flexibility index (Phi) is 6.57. The van der Waals surface area contributed by atoms with E-state index in [2.05, 4.69) is 39.0 Å². The van der Waals surface area contributed by atoms with Crippen molar-refractivity contribution in [3.63, 3.8) is 0 Å². The van der Waals surface area contributed by atoms with Crippen LogP contribution in [0.5, 0.6) is 0 Å². The number of piperidine rings is 1. The molecule has 2 aromatic rings. The van der Waals surface area contributed by atoms with Crippen LogP contribution in [0.1, 0.15) is 24.0 Å². The molecule has 0 bridgehead atoms. The van der Waals surface area contributed by atoms with Crippen LogP contribution in [0.2, 0.25) is 0 Å². The number of carbonyl (C=O) groups is 1. The van der Waals surface area contributed by atoms with Crippen molar-refractivity contribution in [3.05, 3.63) is 71.5 Å². The van der Waals surface area contributed by atoms with Crippen molar-refractivity contribution >= 4 is 5.91 Å². The SMILES string of the molecule is O=C(C1CCN(Cc2ccc(F)cc2)CC1)N1CCN(Cc2ccccc2)CC1. The van der Waals surface area contributed by atoms with Crippen LogP contribution in [0, 0.1) is 11.7 Å². The normalized spacial score (nSPS) is 19.4. The van der Waals surface area contributed by atoms with Crippen molar-refractivity contribution in [2.75, 3.05) is 39.3 Å². The minimum Gasteiger partial charge on any atom is -0.340 e. The minimum absolute atomic E-state index is 0.153. The van der Waals surface area contributed by atoms with Gasteiger partial charge in [0.1, 0.15) is 5.82 Å². The molecule has 2 saturated heterocycles. The van der Waals surface area contributed by atoms with Crippen LogP contribution in [-0.4, -0.2) is 59.9 Å². The van der Waals surface area contributed by atoms with Gasteiger partial charge in [0.05, 0.1) is 0 Å². The second-order valence-electron chi connectivity index (χ2n) is 8.26. The van der Waals surface area contributed by atoms with E-state index in [1.807, 2.05) is 18.2 Å². The van der Waals surface area contributed by atoms with E-state index in [1.54, 1.807) is 0 Å². The molecular formula is C24H30FN3O. The van der Waals surface area contributed by atoms with Crippen molar-refractivity contribution in [3.8, 4) is 0 Å². The summed E-state index contributed by atoms with van der Waals surface area (Å²) in [5, 5.41) is 0. The van der Waals surface area contributed by atoms with Gasteiger partial charge in [-0.15, -0.1) is 0 Å². The molecule has 0 unspecified atom stereocenters. The number of carbonyl (C=O) groups excluding carboxylic acids is 1. The molecule has 154 valence electrons. The fraction of sp³-hybridized carbons (Fsp3) is 0.458. The average molecular weight is 396 g/mol. The molecule has 0 radical (unpaired) electrons. The van der Waals surface area contributed by atoms with E-state index in [-0.39, 0.29) is 11.7 Å². The number of hydrogen-bond donors (Lipinski definition) is 0. The number of piperazine rings is 1. The molecule has 4 nitrogen and oxygen atoms in total. The predicted molar refractivity (Wildman–Crippen MR) is 113 cm³/mol. The van der Waals surface area contributed by atoms with Crippen molar-refractivity contribution in [1.29, 1.82) is 0 Å². The second kappa shape index (κ2) is 9.51. The second-order valence-corrected chi connectivity index (χ2v) is 8.26. The molecule has 5 heteroatoms. The molecule has 0 aliphatic carbocycles. The molecule has 4 rings (SSSR count). The first-order valence-electron chi connectivity index (χ1n) is 10.7. The molecule has 0 saturated carbocycles. The van der Waals surface area contributed by atoms with E-state index >= 15 is 0 Å². The van der Waals surface area contributed by atoms with E-state index in [4.69, 9.17) is 0 Å². The molecule has 0 N–H and O–H groups in total. The Morgan fingerprint density at radius 1 is 0.759 bits per heavy atom. The molecule has 0 aromatic heterocycles. The van der Waals surface area contributed by atoms with E-state index in [1.165, 1.54) is 17.7 Å². The number of amides is 1. The number of halogens is 1. The van der Waals surface area contributed by atoms with Crippen LogP contribution < -0.4 is 0 Å². The Morgan fingerprint density at radius 2 is 1.31 bits per heavy atom. The van der Waals surface area contributed by atoms with Gasteiger partial charge in [0.25, 0.3) is 0 Å². The van der Waals surface area contributed by atoms with Gasteiger partial charge in [-0.05, 0) is 49.2 Å². The first-order chi connectivity index (χ1) is 14.2. The lowest BCUT2D eigenvalue weighted by atomic mass is 9.94. The Bertz CT molecular complexity index is 780. The summed E-state index contributed by atoms with van der Waals surface area (Å²) in [6, 6.07) is 17.3. The predicted octanol–water partition coefficient (Wildman–Crippen LogP) is 3.38. The van der Waals surface area contributed by atoms with Gasteiger partial charge in [-0.2, -0.15) is 0 Å². The third kappa shape index (κ3) is 5.43. The monoisotopic (exact) mass is 395 g/mol. The quantitative estimate of drug-likeness (QED) is 0.777. The van der Waals surface area contributed by atoms with Crippen molar-refractivity contribution in [2.24, 2.45) is 5.92 Å². The van der Waals surface area contributed by atoms with E-state index < -0.39 is 0 Å². The summed E-state index contributed by atoms with van der Waals surface area (Å²) in [5.41, 5.74) is 2.46. The Hall–Kier alpha value is -2.24. The third-order valence-electron chi connectivity index (χ3n) is 6.19. The zero-order valence-corrected chi connectivity index (χ0v) is 17.0. The lowest BCUT2D eigenvalue weighted by Crippen LogP contribution is -2.51. The molecular weight excluding hydrogens is 365 g/mol. The van der Waals surface area contributed by atoms with Crippen LogP contribution >= 0.6 is 0 Å². The molecule has 0 atom stereocenters. The van der Waals surface area contributed by atoms with E-state index in [0.29, 0.717) is 5.91 Å². The maximum atomic E-state index is 13.1.